The minimum Gasteiger partial charge on any atom is -0.495 e. The molecule has 0 radical (unpaired) electrons. The lowest BCUT2D eigenvalue weighted by Gasteiger charge is -2.35. The highest BCUT2D eigenvalue weighted by Crippen LogP contribution is 2.22. The summed E-state index contributed by atoms with van der Waals surface area (Å²) in [6.45, 7) is 2.56. The molecule has 1 aliphatic rings. The molecular formula is C20H22FN3O2. The Labute approximate surface area is 152 Å². The number of nitrogens with zero attached hydrogens (tertiary/aromatic N) is 2. The van der Waals surface area contributed by atoms with E-state index in [1.807, 2.05) is 12.1 Å². The van der Waals surface area contributed by atoms with Crippen LogP contribution in [0.15, 0.2) is 48.5 Å². The molecule has 0 aromatic heterocycles. The maximum absolute atomic E-state index is 13.3. The van der Waals surface area contributed by atoms with Crippen molar-refractivity contribution >= 4 is 23.4 Å². The molecule has 1 fully saturated rings. The van der Waals surface area contributed by atoms with Crippen LogP contribution in [0.2, 0.25) is 0 Å². The Bertz CT molecular complexity index is 814. The number of benzene rings is 2. The second kappa shape index (κ2) is 7.91. The van der Waals surface area contributed by atoms with Crippen LogP contribution in [-0.2, 0) is 4.79 Å². The van der Waals surface area contributed by atoms with Crippen molar-refractivity contribution in [3.63, 3.8) is 0 Å². The molecule has 1 heterocycles. The molecule has 1 saturated heterocycles. The number of halogens is 1. The van der Waals surface area contributed by atoms with Crippen LogP contribution in [0, 0.1) is 5.82 Å². The van der Waals surface area contributed by atoms with Crippen molar-refractivity contribution in [3.05, 3.63) is 59.9 Å². The molecule has 0 atom stereocenters. The molecule has 0 saturated carbocycles. The zero-order valence-corrected chi connectivity index (χ0v) is 14.7. The number of nitrogen functional groups attached to an aromatic ring is 1. The smallest absolute Gasteiger partial charge is 0.246 e. The number of carbonyl (C=O) groups excluding carboxylic acids is 1. The summed E-state index contributed by atoms with van der Waals surface area (Å²) in [6.07, 6.45) is 3.30. The number of nitrogens with two attached hydrogens (primary N) is 1. The summed E-state index contributed by atoms with van der Waals surface area (Å²) in [6, 6.07) is 11.9. The molecule has 3 rings (SSSR count). The Balaban J connectivity index is 1.57. The Morgan fingerprint density at radius 2 is 1.92 bits per heavy atom. The van der Waals surface area contributed by atoms with Gasteiger partial charge in [-0.2, -0.15) is 0 Å². The molecule has 0 aliphatic carbocycles. The highest BCUT2D eigenvalue weighted by molar-refractivity contribution is 5.92. The standard InChI is InChI=1S/C20H22FN3O2/c1-26-19-7-5-15(13-18(19)22)6-8-20(25)24-11-9-23(10-12-24)17-4-2-3-16(21)14-17/h2-8,13-14H,9-12,22H2,1H3/b8-6+. The zero-order chi connectivity index (χ0) is 18.5. The summed E-state index contributed by atoms with van der Waals surface area (Å²) < 4.78 is 18.5. The number of amides is 1. The first-order chi connectivity index (χ1) is 12.6. The number of ether oxygens (including phenoxy) is 1. The topological polar surface area (TPSA) is 58.8 Å². The monoisotopic (exact) mass is 355 g/mol. The lowest BCUT2D eigenvalue weighted by molar-refractivity contribution is -0.126. The summed E-state index contributed by atoms with van der Waals surface area (Å²) in [5, 5.41) is 0. The number of methoxy groups -OCH3 is 1. The molecule has 136 valence electrons. The number of hydrogen-bond acceptors (Lipinski definition) is 4. The molecule has 6 heteroatoms. The SMILES string of the molecule is COc1ccc(/C=C/C(=O)N2CCN(c3cccc(F)c3)CC2)cc1N. The van der Waals surface area contributed by atoms with Crippen molar-refractivity contribution in [2.75, 3.05) is 43.9 Å². The average molecular weight is 355 g/mol. The van der Waals surface area contributed by atoms with Gasteiger partial charge in [-0.1, -0.05) is 12.1 Å². The molecule has 2 N–H and O–H groups in total. The van der Waals surface area contributed by atoms with Gasteiger partial charge in [0, 0.05) is 37.9 Å². The molecule has 0 unspecified atom stereocenters. The molecule has 1 amide bonds. The van der Waals surface area contributed by atoms with Crippen molar-refractivity contribution in [2.24, 2.45) is 0 Å². The van der Waals surface area contributed by atoms with Crippen molar-refractivity contribution < 1.29 is 13.9 Å². The Morgan fingerprint density at radius 1 is 1.15 bits per heavy atom. The number of hydrogen-bond donors (Lipinski definition) is 1. The van der Waals surface area contributed by atoms with Crippen LogP contribution in [0.4, 0.5) is 15.8 Å². The van der Waals surface area contributed by atoms with Crippen LogP contribution >= 0.6 is 0 Å². The third-order valence-corrected chi connectivity index (χ3v) is 4.44. The van der Waals surface area contributed by atoms with Crippen molar-refractivity contribution in [1.82, 2.24) is 4.90 Å². The highest BCUT2D eigenvalue weighted by Gasteiger charge is 2.20. The summed E-state index contributed by atoms with van der Waals surface area (Å²) in [5.41, 5.74) is 8.10. The first-order valence-corrected chi connectivity index (χ1v) is 8.48. The van der Waals surface area contributed by atoms with Gasteiger partial charge in [0.15, 0.2) is 0 Å². The number of anilines is 2. The summed E-state index contributed by atoms with van der Waals surface area (Å²) in [5.74, 6) is 0.322. The van der Waals surface area contributed by atoms with E-state index in [1.165, 1.54) is 12.1 Å². The maximum atomic E-state index is 13.3. The van der Waals surface area contributed by atoms with E-state index < -0.39 is 0 Å². The van der Waals surface area contributed by atoms with Gasteiger partial charge in [-0.05, 0) is 42.0 Å². The van der Waals surface area contributed by atoms with Gasteiger partial charge in [0.25, 0.3) is 0 Å². The van der Waals surface area contributed by atoms with E-state index in [-0.39, 0.29) is 11.7 Å². The van der Waals surface area contributed by atoms with Gasteiger partial charge in [0.1, 0.15) is 11.6 Å². The second-order valence-corrected chi connectivity index (χ2v) is 6.13. The molecule has 0 bridgehead atoms. The molecular weight excluding hydrogens is 333 g/mol. The fraction of sp³-hybridized carbons (Fsp3) is 0.250. The highest BCUT2D eigenvalue weighted by atomic mass is 19.1. The van der Waals surface area contributed by atoms with Crippen LogP contribution < -0.4 is 15.4 Å². The van der Waals surface area contributed by atoms with Crippen LogP contribution in [0.25, 0.3) is 6.08 Å². The second-order valence-electron chi connectivity index (χ2n) is 6.13. The number of carbonyl (C=O) groups is 1. The van der Waals surface area contributed by atoms with Crippen LogP contribution in [-0.4, -0.2) is 44.1 Å². The quantitative estimate of drug-likeness (QED) is 0.677. The lowest BCUT2D eigenvalue weighted by Crippen LogP contribution is -2.48. The summed E-state index contributed by atoms with van der Waals surface area (Å²) >= 11 is 0. The van der Waals surface area contributed by atoms with Gasteiger partial charge in [-0.25, -0.2) is 4.39 Å². The first-order valence-electron chi connectivity index (χ1n) is 8.48. The predicted molar refractivity (Wildman–Crippen MR) is 102 cm³/mol. The van der Waals surface area contributed by atoms with Gasteiger partial charge in [-0.3, -0.25) is 4.79 Å². The molecule has 1 aliphatic heterocycles. The Morgan fingerprint density at radius 3 is 2.58 bits per heavy atom. The first kappa shape index (κ1) is 17.8. The van der Waals surface area contributed by atoms with Gasteiger partial charge in [0.05, 0.1) is 12.8 Å². The van der Waals surface area contributed by atoms with Gasteiger partial charge >= 0.3 is 0 Å². The molecule has 0 spiro atoms. The van der Waals surface area contributed by atoms with E-state index in [4.69, 9.17) is 10.5 Å². The summed E-state index contributed by atoms with van der Waals surface area (Å²) in [4.78, 5) is 16.3. The van der Waals surface area contributed by atoms with Crippen molar-refractivity contribution in [3.8, 4) is 5.75 Å². The third-order valence-electron chi connectivity index (χ3n) is 4.44. The molecule has 2 aromatic rings. The van der Waals surface area contributed by atoms with E-state index in [2.05, 4.69) is 4.90 Å². The lowest BCUT2D eigenvalue weighted by atomic mass is 10.1. The van der Waals surface area contributed by atoms with Gasteiger partial charge in [-0.15, -0.1) is 0 Å². The van der Waals surface area contributed by atoms with Crippen LogP contribution in [0.1, 0.15) is 5.56 Å². The maximum Gasteiger partial charge on any atom is 0.246 e. The van der Waals surface area contributed by atoms with Crippen molar-refractivity contribution in [1.29, 1.82) is 0 Å². The minimum absolute atomic E-state index is 0.0433. The number of rotatable bonds is 4. The largest absolute Gasteiger partial charge is 0.495 e. The van der Waals surface area contributed by atoms with E-state index in [1.54, 1.807) is 42.4 Å². The normalized spacial score (nSPS) is 14.7. The van der Waals surface area contributed by atoms with Crippen molar-refractivity contribution in [2.45, 2.75) is 0 Å². The molecule has 26 heavy (non-hydrogen) atoms. The number of piperazine rings is 1. The summed E-state index contributed by atoms with van der Waals surface area (Å²) in [7, 11) is 1.56. The Kier molecular flexibility index (Phi) is 5.41. The zero-order valence-electron chi connectivity index (χ0n) is 14.7. The average Bonchev–Trinajstić information content (AvgIpc) is 2.66. The van der Waals surface area contributed by atoms with Gasteiger partial charge < -0.3 is 20.3 Å². The fourth-order valence-corrected chi connectivity index (χ4v) is 2.99. The Hall–Kier alpha value is -3.02. The van der Waals surface area contributed by atoms with Gasteiger partial charge in [0.2, 0.25) is 5.91 Å². The van der Waals surface area contributed by atoms with E-state index >= 15 is 0 Å². The van der Waals surface area contributed by atoms with E-state index in [0.29, 0.717) is 37.6 Å². The predicted octanol–water partition coefficient (Wildman–Crippen LogP) is 2.78. The molecule has 5 nitrogen and oxygen atoms in total. The van der Waals surface area contributed by atoms with E-state index in [9.17, 15) is 9.18 Å². The van der Waals surface area contributed by atoms with Crippen LogP contribution in [0.3, 0.4) is 0 Å². The minimum atomic E-state index is -0.247. The fourth-order valence-electron chi connectivity index (χ4n) is 2.99. The third kappa shape index (κ3) is 4.14. The van der Waals surface area contributed by atoms with Crippen LogP contribution in [0.5, 0.6) is 5.75 Å². The molecule has 2 aromatic carbocycles. The van der Waals surface area contributed by atoms with E-state index in [0.717, 1.165) is 11.3 Å².